The van der Waals surface area contributed by atoms with E-state index in [1.165, 1.54) is 0 Å². The highest BCUT2D eigenvalue weighted by Gasteiger charge is 2.27. The zero-order chi connectivity index (χ0) is 12.9. The van der Waals surface area contributed by atoms with Crippen LogP contribution >= 0.6 is 0 Å². The fourth-order valence-electron chi connectivity index (χ4n) is 1.73. The molecule has 0 saturated carbocycles. The molecule has 1 unspecified atom stereocenters. The molecule has 1 atom stereocenters. The van der Waals surface area contributed by atoms with Crippen LogP contribution in [-0.4, -0.2) is 42.4 Å². The minimum atomic E-state index is -0.455. The minimum absolute atomic E-state index is 0.0346. The Morgan fingerprint density at radius 1 is 1.53 bits per heavy atom. The van der Waals surface area contributed by atoms with Crippen molar-refractivity contribution in [3.63, 3.8) is 0 Å². The molecular formula is C13H21NO3. The number of amides is 1. The van der Waals surface area contributed by atoms with Crippen molar-refractivity contribution in [2.24, 2.45) is 0 Å². The molecular weight excluding hydrogens is 218 g/mol. The predicted molar refractivity (Wildman–Crippen MR) is 65.6 cm³/mol. The maximum atomic E-state index is 11.8. The Labute approximate surface area is 103 Å². The molecule has 17 heavy (non-hydrogen) atoms. The topological polar surface area (TPSA) is 38.8 Å². The van der Waals surface area contributed by atoms with Crippen LogP contribution in [0.15, 0.2) is 0 Å². The highest BCUT2D eigenvalue weighted by atomic mass is 16.6. The van der Waals surface area contributed by atoms with Crippen LogP contribution in [0.25, 0.3) is 0 Å². The normalized spacial score (nSPS) is 20.8. The number of rotatable bonds is 2. The number of likely N-dealkylation sites (tertiary alicyclic amines) is 1. The third kappa shape index (κ3) is 5.10. The number of nitrogens with zero attached hydrogens (tertiary/aromatic N) is 1. The van der Waals surface area contributed by atoms with Crippen LogP contribution in [0.2, 0.25) is 0 Å². The summed E-state index contributed by atoms with van der Waals surface area (Å²) >= 11 is 0. The first kappa shape index (κ1) is 13.9. The van der Waals surface area contributed by atoms with Crippen LogP contribution in [0, 0.1) is 12.3 Å². The number of carbonyl (C=O) groups excluding carboxylic acids is 1. The molecule has 0 N–H and O–H groups in total. The van der Waals surface area contributed by atoms with Gasteiger partial charge in [-0.05, 0) is 33.6 Å². The summed E-state index contributed by atoms with van der Waals surface area (Å²) in [7, 11) is 0. The van der Waals surface area contributed by atoms with Crippen LogP contribution in [0.1, 0.15) is 33.6 Å². The van der Waals surface area contributed by atoms with Gasteiger partial charge in [-0.25, -0.2) is 4.79 Å². The second-order valence-electron chi connectivity index (χ2n) is 5.21. The Morgan fingerprint density at radius 2 is 2.24 bits per heavy atom. The molecule has 0 spiro atoms. The number of ether oxygens (including phenoxy) is 2. The molecule has 1 aliphatic heterocycles. The highest BCUT2D eigenvalue weighted by molar-refractivity contribution is 5.68. The molecule has 1 aliphatic rings. The van der Waals surface area contributed by atoms with Crippen molar-refractivity contribution in [2.75, 3.05) is 19.7 Å². The summed E-state index contributed by atoms with van der Waals surface area (Å²) in [4.78, 5) is 13.5. The van der Waals surface area contributed by atoms with Crippen molar-refractivity contribution >= 4 is 6.09 Å². The van der Waals surface area contributed by atoms with E-state index in [9.17, 15) is 4.79 Å². The zero-order valence-corrected chi connectivity index (χ0v) is 10.9. The van der Waals surface area contributed by atoms with Crippen molar-refractivity contribution in [1.82, 2.24) is 4.90 Å². The molecule has 0 radical (unpaired) electrons. The van der Waals surface area contributed by atoms with Gasteiger partial charge in [-0.1, -0.05) is 5.92 Å². The van der Waals surface area contributed by atoms with E-state index in [0.717, 1.165) is 19.4 Å². The van der Waals surface area contributed by atoms with E-state index >= 15 is 0 Å². The molecule has 0 aromatic carbocycles. The average molecular weight is 239 g/mol. The third-order valence-corrected chi connectivity index (χ3v) is 2.43. The first-order chi connectivity index (χ1) is 7.92. The Hall–Kier alpha value is -1.21. The Kier molecular flexibility index (Phi) is 4.83. The fraction of sp³-hybridized carbons (Fsp3) is 0.769. The average Bonchev–Trinajstić information content (AvgIpc) is 2.24. The lowest BCUT2D eigenvalue weighted by atomic mass is 10.1. The number of terminal acetylenes is 1. The lowest BCUT2D eigenvalue weighted by molar-refractivity contribution is -0.0124. The molecule has 0 aliphatic carbocycles. The molecule has 1 rings (SSSR count). The number of hydrogen-bond acceptors (Lipinski definition) is 3. The first-order valence-electron chi connectivity index (χ1n) is 5.95. The molecule has 1 saturated heterocycles. The molecule has 4 heteroatoms. The van der Waals surface area contributed by atoms with Crippen LogP contribution in [0.5, 0.6) is 0 Å². The highest BCUT2D eigenvalue weighted by Crippen LogP contribution is 2.16. The fourth-order valence-corrected chi connectivity index (χ4v) is 1.73. The maximum Gasteiger partial charge on any atom is 0.410 e. The van der Waals surface area contributed by atoms with Crippen LogP contribution in [-0.2, 0) is 9.47 Å². The summed E-state index contributed by atoms with van der Waals surface area (Å²) in [6.45, 7) is 7.18. The largest absolute Gasteiger partial charge is 0.444 e. The van der Waals surface area contributed by atoms with E-state index in [4.69, 9.17) is 15.9 Å². The molecule has 0 aromatic rings. The van der Waals surface area contributed by atoms with Gasteiger partial charge in [0.05, 0.1) is 12.6 Å². The molecule has 0 aromatic heterocycles. The zero-order valence-electron chi connectivity index (χ0n) is 10.9. The van der Waals surface area contributed by atoms with Gasteiger partial charge in [-0.3, -0.25) is 0 Å². The summed E-state index contributed by atoms with van der Waals surface area (Å²) in [5, 5.41) is 0. The van der Waals surface area contributed by atoms with Gasteiger partial charge in [0.25, 0.3) is 0 Å². The van der Waals surface area contributed by atoms with Crippen LogP contribution in [0.3, 0.4) is 0 Å². The van der Waals surface area contributed by atoms with Crippen molar-refractivity contribution in [1.29, 1.82) is 0 Å². The second kappa shape index (κ2) is 5.92. The summed E-state index contributed by atoms with van der Waals surface area (Å²) in [5.74, 6) is 2.44. The quantitative estimate of drug-likeness (QED) is 0.692. The molecule has 96 valence electrons. The number of carbonyl (C=O) groups is 1. The van der Waals surface area contributed by atoms with Gasteiger partial charge in [0.2, 0.25) is 0 Å². The van der Waals surface area contributed by atoms with Gasteiger partial charge in [0.15, 0.2) is 0 Å². The van der Waals surface area contributed by atoms with Crippen molar-refractivity contribution in [3.05, 3.63) is 0 Å². The van der Waals surface area contributed by atoms with Gasteiger partial charge >= 0.3 is 6.09 Å². The van der Waals surface area contributed by atoms with Gasteiger partial charge < -0.3 is 14.4 Å². The Bertz CT molecular complexity index is 301. The maximum absolute atomic E-state index is 11.8. The van der Waals surface area contributed by atoms with Gasteiger partial charge in [-0.15, -0.1) is 6.42 Å². The molecule has 4 nitrogen and oxygen atoms in total. The smallest absolute Gasteiger partial charge is 0.410 e. The summed E-state index contributed by atoms with van der Waals surface area (Å²) in [5.41, 5.74) is -0.455. The summed E-state index contributed by atoms with van der Waals surface area (Å²) in [6, 6.07) is 0. The van der Waals surface area contributed by atoms with Gasteiger partial charge in [0.1, 0.15) is 12.2 Å². The van der Waals surface area contributed by atoms with E-state index in [2.05, 4.69) is 5.92 Å². The number of hydrogen-bond donors (Lipinski definition) is 0. The molecule has 1 heterocycles. The summed E-state index contributed by atoms with van der Waals surface area (Å²) < 4.78 is 10.8. The van der Waals surface area contributed by atoms with E-state index < -0.39 is 5.60 Å². The minimum Gasteiger partial charge on any atom is -0.444 e. The van der Waals surface area contributed by atoms with Crippen molar-refractivity contribution in [2.45, 2.75) is 45.3 Å². The second-order valence-corrected chi connectivity index (χ2v) is 5.21. The standard InChI is InChI=1S/C13H21NO3/c1-5-9-16-11-7-6-8-14(10-11)12(15)17-13(2,3)4/h1,11H,6-10H2,2-4H3. The van der Waals surface area contributed by atoms with Crippen molar-refractivity contribution in [3.8, 4) is 12.3 Å². The van der Waals surface area contributed by atoms with Crippen molar-refractivity contribution < 1.29 is 14.3 Å². The lowest BCUT2D eigenvalue weighted by Gasteiger charge is -2.33. The van der Waals surface area contributed by atoms with E-state index in [1.807, 2.05) is 20.8 Å². The van der Waals surface area contributed by atoms with Crippen LogP contribution < -0.4 is 0 Å². The molecule has 1 fully saturated rings. The first-order valence-corrected chi connectivity index (χ1v) is 5.95. The van der Waals surface area contributed by atoms with Gasteiger partial charge in [0, 0.05) is 6.54 Å². The Balaban J connectivity index is 2.43. The third-order valence-electron chi connectivity index (χ3n) is 2.43. The van der Waals surface area contributed by atoms with E-state index in [-0.39, 0.29) is 12.2 Å². The number of piperidine rings is 1. The Morgan fingerprint density at radius 3 is 2.82 bits per heavy atom. The predicted octanol–water partition coefficient (Wildman–Crippen LogP) is 2.04. The lowest BCUT2D eigenvalue weighted by Crippen LogP contribution is -2.45. The summed E-state index contributed by atoms with van der Waals surface area (Å²) in [6.07, 6.45) is 6.78. The molecule has 1 amide bonds. The molecule has 0 bridgehead atoms. The van der Waals surface area contributed by atoms with E-state index in [0.29, 0.717) is 13.2 Å². The monoisotopic (exact) mass is 239 g/mol. The SMILES string of the molecule is C#CCOC1CCCN(C(=O)OC(C)(C)C)C1. The van der Waals surface area contributed by atoms with Crippen LogP contribution in [0.4, 0.5) is 4.79 Å². The van der Waals surface area contributed by atoms with E-state index in [1.54, 1.807) is 4.90 Å². The van der Waals surface area contributed by atoms with Gasteiger partial charge in [-0.2, -0.15) is 0 Å².